The topological polar surface area (TPSA) is 0 Å². The van der Waals surface area contributed by atoms with E-state index in [4.69, 9.17) is 0 Å². The molecule has 0 nitrogen and oxygen atoms in total. The van der Waals surface area contributed by atoms with E-state index in [1.807, 2.05) is 0 Å². The molecule has 1 fully saturated rings. The van der Waals surface area contributed by atoms with E-state index in [-0.39, 0.29) is 0 Å². The highest BCUT2D eigenvalue weighted by molar-refractivity contribution is 5.28. The Labute approximate surface area is 132 Å². The van der Waals surface area contributed by atoms with Crippen molar-refractivity contribution in [3.63, 3.8) is 0 Å². The minimum atomic E-state index is 0.307. The molecule has 0 amide bonds. The van der Waals surface area contributed by atoms with Gasteiger partial charge < -0.3 is 0 Å². The molecular formula is C21H34. The lowest BCUT2D eigenvalue weighted by Gasteiger charge is -2.50. The number of rotatable bonds is 4. The second-order valence-electron chi connectivity index (χ2n) is 8.88. The predicted octanol–water partition coefficient (Wildman–Crippen LogP) is 6.74. The fraction of sp³-hybridized carbons (Fsp3) is 0.714. The summed E-state index contributed by atoms with van der Waals surface area (Å²) < 4.78 is 0. The molecule has 1 aromatic rings. The van der Waals surface area contributed by atoms with Crippen molar-refractivity contribution in [3.05, 3.63) is 35.9 Å². The van der Waals surface area contributed by atoms with Gasteiger partial charge in [-0.2, -0.15) is 0 Å². The normalized spacial score (nSPS) is 21.8. The fourth-order valence-electron chi connectivity index (χ4n) is 4.11. The summed E-state index contributed by atoms with van der Waals surface area (Å²) in [5.74, 6) is 0. The van der Waals surface area contributed by atoms with Crippen molar-refractivity contribution >= 4 is 0 Å². The summed E-state index contributed by atoms with van der Waals surface area (Å²) in [6.07, 6.45) is 9.64. The van der Waals surface area contributed by atoms with Gasteiger partial charge in [-0.3, -0.25) is 0 Å². The molecule has 0 spiro atoms. The van der Waals surface area contributed by atoms with Crippen LogP contribution in [0.4, 0.5) is 0 Å². The van der Waals surface area contributed by atoms with Crippen molar-refractivity contribution in [2.75, 3.05) is 0 Å². The van der Waals surface area contributed by atoms with Gasteiger partial charge in [-0.15, -0.1) is 0 Å². The standard InChI is InChI=1S/C21H34/c1-19(2,3)16-17-21(5,18-12-8-6-9-13-18)20(4)14-10-7-11-15-20/h6,8-9,12-13H,7,10-11,14-17H2,1-5H3/t21-/m1/s1. The molecule has 0 aliphatic heterocycles. The zero-order chi connectivity index (χ0) is 15.6. The van der Waals surface area contributed by atoms with Gasteiger partial charge in [0.1, 0.15) is 0 Å². The van der Waals surface area contributed by atoms with Crippen LogP contribution < -0.4 is 0 Å². The maximum Gasteiger partial charge on any atom is -0.00213 e. The molecule has 1 atom stereocenters. The second kappa shape index (κ2) is 6.15. The lowest BCUT2D eigenvalue weighted by molar-refractivity contribution is 0.0763. The van der Waals surface area contributed by atoms with Gasteiger partial charge in [-0.1, -0.05) is 84.2 Å². The first-order valence-electron chi connectivity index (χ1n) is 8.82. The van der Waals surface area contributed by atoms with Crippen molar-refractivity contribution in [2.45, 2.75) is 85.0 Å². The highest BCUT2D eigenvalue weighted by Gasteiger charge is 2.45. The zero-order valence-electron chi connectivity index (χ0n) is 14.8. The largest absolute Gasteiger partial charge is 0.0622 e. The zero-order valence-corrected chi connectivity index (χ0v) is 14.8. The van der Waals surface area contributed by atoms with Crippen LogP contribution in [0, 0.1) is 10.8 Å². The Morgan fingerprint density at radius 2 is 1.43 bits per heavy atom. The number of hydrogen-bond donors (Lipinski definition) is 0. The fourth-order valence-corrected chi connectivity index (χ4v) is 4.11. The second-order valence-corrected chi connectivity index (χ2v) is 8.88. The number of hydrogen-bond acceptors (Lipinski definition) is 0. The van der Waals surface area contributed by atoms with Crippen molar-refractivity contribution in [3.8, 4) is 0 Å². The molecule has 21 heavy (non-hydrogen) atoms. The van der Waals surface area contributed by atoms with Gasteiger partial charge in [0, 0.05) is 0 Å². The van der Waals surface area contributed by atoms with Crippen molar-refractivity contribution < 1.29 is 0 Å². The Bertz CT molecular complexity index is 431. The van der Waals surface area contributed by atoms with Crippen molar-refractivity contribution in [1.29, 1.82) is 0 Å². The molecule has 0 bridgehead atoms. The van der Waals surface area contributed by atoms with E-state index in [0.29, 0.717) is 16.2 Å². The van der Waals surface area contributed by atoms with Crippen LogP contribution in [0.2, 0.25) is 0 Å². The maximum atomic E-state index is 2.56. The van der Waals surface area contributed by atoms with E-state index in [2.05, 4.69) is 65.0 Å². The SMILES string of the molecule is CC(C)(C)CC[C@](C)(c1ccccc1)C1(C)CCCCC1. The summed E-state index contributed by atoms with van der Waals surface area (Å²) in [6, 6.07) is 11.3. The molecular weight excluding hydrogens is 252 g/mol. The Kier molecular flexibility index (Phi) is 4.85. The summed E-state index contributed by atoms with van der Waals surface area (Å²) >= 11 is 0. The molecule has 0 aromatic heterocycles. The molecule has 0 heteroatoms. The third kappa shape index (κ3) is 3.71. The highest BCUT2D eigenvalue weighted by atomic mass is 14.5. The van der Waals surface area contributed by atoms with Crippen LogP contribution >= 0.6 is 0 Å². The molecule has 1 aliphatic rings. The lowest BCUT2D eigenvalue weighted by Crippen LogP contribution is -2.43. The summed E-state index contributed by atoms with van der Waals surface area (Å²) in [6.45, 7) is 12.2. The smallest absolute Gasteiger partial charge is 0.00213 e. The minimum absolute atomic E-state index is 0.307. The summed E-state index contributed by atoms with van der Waals surface area (Å²) in [7, 11) is 0. The Morgan fingerprint density at radius 1 is 0.857 bits per heavy atom. The van der Waals surface area contributed by atoms with Crippen LogP contribution in [0.25, 0.3) is 0 Å². The predicted molar refractivity (Wildman–Crippen MR) is 93.7 cm³/mol. The average Bonchev–Trinajstić information content (AvgIpc) is 2.45. The van der Waals surface area contributed by atoms with Crippen LogP contribution in [0.5, 0.6) is 0 Å². The van der Waals surface area contributed by atoms with Crippen LogP contribution in [-0.4, -0.2) is 0 Å². The van der Waals surface area contributed by atoms with Gasteiger partial charge in [0.25, 0.3) is 0 Å². The lowest BCUT2D eigenvalue weighted by atomic mass is 9.54. The monoisotopic (exact) mass is 286 g/mol. The van der Waals surface area contributed by atoms with E-state index < -0.39 is 0 Å². The van der Waals surface area contributed by atoms with Crippen LogP contribution in [-0.2, 0) is 5.41 Å². The Hall–Kier alpha value is -0.780. The van der Waals surface area contributed by atoms with Gasteiger partial charge in [-0.05, 0) is 47.5 Å². The van der Waals surface area contributed by atoms with Crippen LogP contribution in [0.1, 0.15) is 85.1 Å². The third-order valence-electron chi connectivity index (χ3n) is 6.08. The number of benzene rings is 1. The molecule has 1 saturated carbocycles. The molecule has 1 aromatic carbocycles. The molecule has 0 saturated heterocycles. The van der Waals surface area contributed by atoms with E-state index in [0.717, 1.165) is 0 Å². The summed E-state index contributed by atoms with van der Waals surface area (Å²) in [4.78, 5) is 0. The Morgan fingerprint density at radius 3 is 1.95 bits per heavy atom. The van der Waals surface area contributed by atoms with Gasteiger partial charge in [0.05, 0.1) is 0 Å². The molecule has 2 rings (SSSR count). The van der Waals surface area contributed by atoms with E-state index in [1.54, 1.807) is 5.56 Å². The molecule has 1 aliphatic carbocycles. The molecule has 0 radical (unpaired) electrons. The molecule has 0 unspecified atom stereocenters. The first-order chi connectivity index (χ1) is 9.77. The highest BCUT2D eigenvalue weighted by Crippen LogP contribution is 2.54. The van der Waals surface area contributed by atoms with E-state index >= 15 is 0 Å². The summed E-state index contributed by atoms with van der Waals surface area (Å²) in [5.41, 5.74) is 2.74. The molecule has 0 N–H and O–H groups in total. The van der Waals surface area contributed by atoms with Gasteiger partial charge >= 0.3 is 0 Å². The maximum absolute atomic E-state index is 2.56. The van der Waals surface area contributed by atoms with Crippen LogP contribution in [0.3, 0.4) is 0 Å². The van der Waals surface area contributed by atoms with E-state index in [1.165, 1.54) is 44.9 Å². The molecule has 0 heterocycles. The Balaban J connectivity index is 2.33. The first kappa shape index (κ1) is 16.6. The molecule has 118 valence electrons. The average molecular weight is 287 g/mol. The van der Waals surface area contributed by atoms with Crippen LogP contribution in [0.15, 0.2) is 30.3 Å². The third-order valence-corrected chi connectivity index (χ3v) is 6.08. The quantitative estimate of drug-likeness (QED) is 0.575. The van der Waals surface area contributed by atoms with Crippen molar-refractivity contribution in [2.24, 2.45) is 10.8 Å². The summed E-state index contributed by atoms with van der Waals surface area (Å²) in [5, 5.41) is 0. The van der Waals surface area contributed by atoms with E-state index in [9.17, 15) is 0 Å². The first-order valence-corrected chi connectivity index (χ1v) is 8.82. The van der Waals surface area contributed by atoms with Gasteiger partial charge in [0.15, 0.2) is 0 Å². The van der Waals surface area contributed by atoms with Gasteiger partial charge in [0.2, 0.25) is 0 Å². The van der Waals surface area contributed by atoms with Gasteiger partial charge in [-0.25, -0.2) is 0 Å². The minimum Gasteiger partial charge on any atom is -0.0622 e. The van der Waals surface area contributed by atoms with Crippen molar-refractivity contribution in [1.82, 2.24) is 0 Å².